The third kappa shape index (κ3) is 8.99. The first-order valence-electron chi connectivity index (χ1n) is 8.73. The Hall–Kier alpha value is -1.88. The molecule has 0 aromatic heterocycles. The van der Waals surface area contributed by atoms with Gasteiger partial charge in [-0.25, -0.2) is 14.0 Å². The maximum absolute atomic E-state index is 14.6. The van der Waals surface area contributed by atoms with Gasteiger partial charge in [-0.2, -0.15) is 30.7 Å². The van der Waals surface area contributed by atoms with Gasteiger partial charge in [-0.1, -0.05) is 45.4 Å². The van der Waals surface area contributed by atoms with E-state index in [1.54, 1.807) is 0 Å². The van der Waals surface area contributed by atoms with Crippen molar-refractivity contribution >= 4 is 11.9 Å². The molecule has 4 nitrogen and oxygen atoms in total. The predicted octanol–water partition coefficient (Wildman–Crippen LogP) is 5.81. The van der Waals surface area contributed by atoms with Gasteiger partial charge in [-0.15, -0.1) is 0 Å². The van der Waals surface area contributed by atoms with Crippen molar-refractivity contribution in [3.05, 3.63) is 12.2 Å². The molecule has 0 bridgehead atoms. The number of carboxylic acid groups (broad SMARTS) is 1. The third-order valence-electron chi connectivity index (χ3n) is 3.93. The minimum Gasteiger partial charge on any atom is -0.478 e. The van der Waals surface area contributed by atoms with Crippen LogP contribution in [0, 0.1) is 0 Å². The van der Waals surface area contributed by atoms with E-state index in [9.17, 15) is 44.7 Å². The average Bonchev–Trinajstić information content (AvgIpc) is 2.54. The lowest BCUT2D eigenvalue weighted by Crippen LogP contribution is -2.59. The van der Waals surface area contributed by atoms with Crippen molar-refractivity contribution in [2.75, 3.05) is 0 Å². The van der Waals surface area contributed by atoms with Gasteiger partial charge in [-0.05, 0) is 6.42 Å². The van der Waals surface area contributed by atoms with Gasteiger partial charge in [0.2, 0.25) is 0 Å². The lowest BCUT2D eigenvalue weighted by atomic mass is 9.86. The molecule has 0 aliphatic rings. The first-order chi connectivity index (χ1) is 13.1. The second-order valence-corrected chi connectivity index (χ2v) is 6.46. The van der Waals surface area contributed by atoms with E-state index in [4.69, 9.17) is 5.11 Å². The molecule has 0 heterocycles. The normalized spacial score (nSPS) is 15.3. The van der Waals surface area contributed by atoms with Gasteiger partial charge in [0.25, 0.3) is 0 Å². The fourth-order valence-corrected chi connectivity index (χ4v) is 2.48. The summed E-state index contributed by atoms with van der Waals surface area (Å²) in [7, 11) is 0. The molecule has 0 aromatic rings. The number of aliphatic carboxylic acids is 1. The molecule has 29 heavy (non-hydrogen) atoms. The van der Waals surface area contributed by atoms with Gasteiger partial charge in [0.05, 0.1) is 6.42 Å². The minimum atomic E-state index is -6.02. The third-order valence-corrected chi connectivity index (χ3v) is 3.93. The van der Waals surface area contributed by atoms with Crippen LogP contribution in [0.1, 0.15) is 58.3 Å². The Kier molecular flexibility index (Phi) is 10.1. The van der Waals surface area contributed by atoms with Crippen LogP contribution in [0.3, 0.4) is 0 Å². The number of alkyl halides is 8. The zero-order valence-electron chi connectivity index (χ0n) is 15.5. The van der Waals surface area contributed by atoms with Crippen molar-refractivity contribution in [3.8, 4) is 0 Å². The van der Waals surface area contributed by atoms with Crippen molar-refractivity contribution in [2.45, 2.75) is 82.2 Å². The highest BCUT2D eigenvalue weighted by atomic mass is 19.4. The summed E-state index contributed by atoms with van der Waals surface area (Å²) < 4.78 is 111. The van der Waals surface area contributed by atoms with Crippen molar-refractivity contribution in [1.82, 2.24) is 0 Å². The Balaban J connectivity index is 5.46. The smallest absolute Gasteiger partial charge is 0.470 e. The van der Waals surface area contributed by atoms with E-state index < -0.39 is 55.1 Å². The summed E-state index contributed by atoms with van der Waals surface area (Å²) in [5.74, 6) is -10.1. The molecule has 1 unspecified atom stereocenters. The van der Waals surface area contributed by atoms with E-state index in [1.807, 2.05) is 6.92 Å². The van der Waals surface area contributed by atoms with Crippen LogP contribution >= 0.6 is 0 Å². The summed E-state index contributed by atoms with van der Waals surface area (Å²) in [6.45, 7) is 1.87. The predicted molar refractivity (Wildman–Crippen MR) is 85.3 cm³/mol. The van der Waals surface area contributed by atoms with Crippen LogP contribution in [0.2, 0.25) is 0 Å². The topological polar surface area (TPSA) is 63.6 Å². The van der Waals surface area contributed by atoms with Crippen LogP contribution in [0.4, 0.5) is 35.1 Å². The van der Waals surface area contributed by atoms with Gasteiger partial charge < -0.3 is 9.84 Å². The average molecular weight is 442 g/mol. The van der Waals surface area contributed by atoms with Crippen molar-refractivity contribution < 1.29 is 54.6 Å². The lowest BCUT2D eigenvalue weighted by molar-refractivity contribution is -0.371. The molecule has 170 valence electrons. The van der Waals surface area contributed by atoms with Gasteiger partial charge in [-0.3, -0.25) is 0 Å². The van der Waals surface area contributed by atoms with Gasteiger partial charge in [0.15, 0.2) is 5.67 Å². The van der Waals surface area contributed by atoms with E-state index in [0.29, 0.717) is 12.8 Å². The number of carbonyl (C=O) groups excluding carboxylic acids is 1. The highest BCUT2D eigenvalue weighted by Gasteiger charge is 2.74. The zero-order chi connectivity index (χ0) is 22.9. The minimum absolute atomic E-state index is 0.0226. The van der Waals surface area contributed by atoms with Crippen LogP contribution in [-0.2, 0) is 14.3 Å². The number of hydrogen-bond donors (Lipinski definition) is 1. The van der Waals surface area contributed by atoms with Crippen LogP contribution in [-0.4, -0.2) is 40.9 Å². The van der Waals surface area contributed by atoms with Gasteiger partial charge in [0.1, 0.15) is 0 Å². The number of unbranched alkanes of at least 4 members (excludes halogenated alkanes) is 5. The van der Waals surface area contributed by atoms with E-state index in [2.05, 4.69) is 4.74 Å². The van der Waals surface area contributed by atoms with Crippen molar-refractivity contribution in [3.63, 3.8) is 0 Å². The number of carbonyl (C=O) groups is 2. The van der Waals surface area contributed by atoms with E-state index in [0.717, 1.165) is 12.8 Å². The molecular formula is C17H22F8O4. The highest BCUT2D eigenvalue weighted by Crippen LogP contribution is 2.52. The molecule has 1 N–H and O–H groups in total. The maximum Gasteiger partial charge on any atom is 0.470 e. The molecule has 12 heteroatoms. The van der Waals surface area contributed by atoms with Crippen molar-refractivity contribution in [1.29, 1.82) is 0 Å². The molecule has 0 spiro atoms. The molecule has 0 radical (unpaired) electrons. The molecule has 1 atom stereocenters. The molecule has 0 rings (SSSR count). The zero-order valence-corrected chi connectivity index (χ0v) is 15.5. The number of esters is 1. The van der Waals surface area contributed by atoms with Gasteiger partial charge >= 0.3 is 30.1 Å². The van der Waals surface area contributed by atoms with Crippen LogP contribution in [0.25, 0.3) is 0 Å². The molecule has 0 aromatic carbocycles. The molecule has 0 aliphatic carbocycles. The van der Waals surface area contributed by atoms with Gasteiger partial charge in [0, 0.05) is 12.2 Å². The number of halogens is 8. The summed E-state index contributed by atoms with van der Waals surface area (Å²) in [5, 5.41) is 8.24. The van der Waals surface area contributed by atoms with Crippen molar-refractivity contribution in [2.24, 2.45) is 0 Å². The number of rotatable bonds is 13. The molecule has 0 saturated carbocycles. The fourth-order valence-electron chi connectivity index (χ4n) is 2.48. The quantitative estimate of drug-likeness (QED) is 0.169. The molecular weight excluding hydrogens is 420 g/mol. The first kappa shape index (κ1) is 27.1. The maximum atomic E-state index is 14.6. The van der Waals surface area contributed by atoms with E-state index in [-0.39, 0.29) is 18.6 Å². The largest absolute Gasteiger partial charge is 0.478 e. The number of hydrogen-bond acceptors (Lipinski definition) is 3. The Morgan fingerprint density at radius 2 is 1.38 bits per heavy atom. The summed E-state index contributed by atoms with van der Waals surface area (Å²) in [5.41, 5.74) is -4.74. The summed E-state index contributed by atoms with van der Waals surface area (Å²) in [6.07, 6.45) is -14.0. The molecule has 0 fully saturated rings. The number of ether oxygens (including phenoxy) is 1. The fraction of sp³-hybridized carbons (Fsp3) is 0.765. The lowest BCUT2D eigenvalue weighted by Gasteiger charge is -2.37. The summed E-state index contributed by atoms with van der Waals surface area (Å²) in [4.78, 5) is 21.2. The molecule has 0 amide bonds. The Bertz CT molecular complexity index is 574. The molecule has 0 saturated heterocycles. The SMILES string of the molecule is CCCCCCCCC(F)(CC(F)(F)F)C(F)(F)C(F)(F)OC(=O)/C=C/C(=O)O. The molecule has 0 aliphatic heterocycles. The standard InChI is InChI=1S/C17H22F8O4/c1-2-3-4-5-6-7-10-14(18,11-15(19,20)21)16(22,23)17(24,25)29-13(28)9-8-12(26)27/h8-9H,2-7,10-11H2,1H3,(H,26,27)/b9-8+. The summed E-state index contributed by atoms with van der Waals surface area (Å²) in [6, 6.07) is 0. The highest BCUT2D eigenvalue weighted by molar-refractivity contribution is 5.90. The number of carboxylic acids is 1. The Morgan fingerprint density at radius 1 is 0.862 bits per heavy atom. The second-order valence-electron chi connectivity index (χ2n) is 6.46. The van der Waals surface area contributed by atoms with E-state index in [1.165, 1.54) is 0 Å². The summed E-state index contributed by atoms with van der Waals surface area (Å²) >= 11 is 0. The monoisotopic (exact) mass is 442 g/mol. The first-order valence-corrected chi connectivity index (χ1v) is 8.73. The Labute approximate surface area is 161 Å². The van der Waals surface area contributed by atoms with Crippen LogP contribution in [0.15, 0.2) is 12.2 Å². The Morgan fingerprint density at radius 3 is 1.86 bits per heavy atom. The van der Waals surface area contributed by atoms with Crippen LogP contribution in [0.5, 0.6) is 0 Å². The second kappa shape index (κ2) is 10.8. The van der Waals surface area contributed by atoms with Crippen LogP contribution < -0.4 is 0 Å². The van der Waals surface area contributed by atoms with E-state index >= 15 is 0 Å².